The van der Waals surface area contributed by atoms with Gasteiger partial charge in [-0.1, -0.05) is 17.7 Å². The van der Waals surface area contributed by atoms with E-state index < -0.39 is 11.7 Å². The van der Waals surface area contributed by atoms with E-state index in [0.29, 0.717) is 17.1 Å². The van der Waals surface area contributed by atoms with Crippen molar-refractivity contribution in [3.8, 4) is 0 Å². The fraction of sp³-hybridized carbons (Fsp3) is 0.143. The van der Waals surface area contributed by atoms with Gasteiger partial charge in [-0.05, 0) is 42.8 Å². The van der Waals surface area contributed by atoms with Crippen molar-refractivity contribution < 1.29 is 13.2 Å². The van der Waals surface area contributed by atoms with Gasteiger partial charge in [0, 0.05) is 11.4 Å². The van der Waals surface area contributed by atoms with Gasteiger partial charge >= 0.3 is 6.18 Å². The van der Waals surface area contributed by atoms with Crippen LogP contribution in [0.4, 0.5) is 30.2 Å². The summed E-state index contributed by atoms with van der Waals surface area (Å²) in [6, 6.07) is 8.45. The van der Waals surface area contributed by atoms with Gasteiger partial charge in [-0.15, -0.1) is 0 Å². The smallest absolute Gasteiger partial charge is 0.398 e. The van der Waals surface area contributed by atoms with E-state index in [1.54, 1.807) is 18.2 Å². The standard InChI is InChI=1S/C14H12ClF3N2/c1-8-11(19)3-2-4-12(8)20-13-6-5-9(7-10(13)15)14(16,17)18/h2-7,20H,19H2,1H3. The second-order valence-corrected chi connectivity index (χ2v) is 4.74. The maximum atomic E-state index is 12.5. The average Bonchev–Trinajstić information content (AvgIpc) is 2.36. The summed E-state index contributed by atoms with van der Waals surface area (Å²) < 4.78 is 37.6. The summed E-state index contributed by atoms with van der Waals surface area (Å²) in [5.41, 5.74) is 7.49. The van der Waals surface area contributed by atoms with Gasteiger partial charge in [0.1, 0.15) is 0 Å². The van der Waals surface area contributed by atoms with Crippen LogP contribution in [0, 0.1) is 6.92 Å². The number of halogens is 4. The predicted octanol–water partition coefficient (Wildman–Crippen LogP) is 4.99. The molecule has 0 atom stereocenters. The fourth-order valence-corrected chi connectivity index (χ4v) is 1.95. The van der Waals surface area contributed by atoms with Gasteiger partial charge in [0.05, 0.1) is 16.3 Å². The summed E-state index contributed by atoms with van der Waals surface area (Å²) in [5.74, 6) is 0. The van der Waals surface area contributed by atoms with Crippen LogP contribution in [0.25, 0.3) is 0 Å². The molecule has 0 radical (unpaired) electrons. The summed E-state index contributed by atoms with van der Waals surface area (Å²) in [5, 5.41) is 2.98. The van der Waals surface area contributed by atoms with Gasteiger partial charge in [0.15, 0.2) is 0 Å². The van der Waals surface area contributed by atoms with Gasteiger partial charge < -0.3 is 11.1 Å². The first-order valence-corrected chi connectivity index (χ1v) is 6.15. The Bertz CT molecular complexity index is 639. The molecule has 0 aliphatic rings. The normalized spacial score (nSPS) is 11.4. The van der Waals surface area contributed by atoms with Gasteiger partial charge in [0.2, 0.25) is 0 Å². The summed E-state index contributed by atoms with van der Waals surface area (Å²) in [6.45, 7) is 1.82. The second kappa shape index (κ2) is 5.25. The largest absolute Gasteiger partial charge is 0.416 e. The summed E-state index contributed by atoms with van der Waals surface area (Å²) >= 11 is 5.88. The van der Waals surface area contributed by atoms with Crippen molar-refractivity contribution in [3.05, 3.63) is 52.5 Å². The molecule has 0 aromatic heterocycles. The Hall–Kier alpha value is -1.88. The van der Waals surface area contributed by atoms with Crippen molar-refractivity contribution in [2.45, 2.75) is 13.1 Å². The minimum absolute atomic E-state index is 0.00153. The van der Waals surface area contributed by atoms with Crippen molar-refractivity contribution >= 4 is 28.7 Å². The summed E-state index contributed by atoms with van der Waals surface area (Å²) in [4.78, 5) is 0. The third kappa shape index (κ3) is 2.99. The molecule has 0 saturated carbocycles. The minimum atomic E-state index is -4.41. The molecule has 2 aromatic carbocycles. The van der Waals surface area contributed by atoms with Gasteiger partial charge in [-0.25, -0.2) is 0 Å². The number of hydrogen-bond acceptors (Lipinski definition) is 2. The number of benzene rings is 2. The number of alkyl halides is 3. The first kappa shape index (κ1) is 14.5. The predicted molar refractivity (Wildman–Crippen MR) is 75.3 cm³/mol. The minimum Gasteiger partial charge on any atom is -0.398 e. The molecule has 0 bridgehead atoms. The molecule has 2 aromatic rings. The van der Waals surface area contributed by atoms with Crippen molar-refractivity contribution in [2.24, 2.45) is 0 Å². The van der Waals surface area contributed by atoms with Crippen LogP contribution < -0.4 is 11.1 Å². The first-order valence-electron chi connectivity index (χ1n) is 5.78. The molecule has 0 aliphatic carbocycles. The molecule has 2 nitrogen and oxygen atoms in total. The van der Waals surface area contributed by atoms with Gasteiger partial charge in [-0.2, -0.15) is 13.2 Å². The number of rotatable bonds is 2. The van der Waals surface area contributed by atoms with E-state index >= 15 is 0 Å². The van der Waals surface area contributed by atoms with Crippen LogP contribution in [0.3, 0.4) is 0 Å². The third-order valence-electron chi connectivity index (χ3n) is 2.94. The van der Waals surface area contributed by atoms with E-state index in [1.807, 2.05) is 6.92 Å². The molecule has 0 heterocycles. The monoisotopic (exact) mass is 300 g/mol. The molecule has 0 spiro atoms. The zero-order valence-corrected chi connectivity index (χ0v) is 11.3. The number of hydrogen-bond donors (Lipinski definition) is 2. The van der Waals surface area contributed by atoms with Crippen molar-refractivity contribution in [3.63, 3.8) is 0 Å². The molecule has 20 heavy (non-hydrogen) atoms. The highest BCUT2D eigenvalue weighted by Crippen LogP contribution is 2.35. The van der Waals surface area contributed by atoms with E-state index in [9.17, 15) is 13.2 Å². The third-order valence-corrected chi connectivity index (χ3v) is 3.25. The highest BCUT2D eigenvalue weighted by atomic mass is 35.5. The van der Waals surface area contributed by atoms with Gasteiger partial charge in [-0.3, -0.25) is 0 Å². The highest BCUT2D eigenvalue weighted by molar-refractivity contribution is 6.33. The molecule has 106 valence electrons. The fourth-order valence-electron chi connectivity index (χ4n) is 1.73. The lowest BCUT2D eigenvalue weighted by Gasteiger charge is -2.14. The van der Waals surface area contributed by atoms with E-state index in [0.717, 1.165) is 17.7 Å². The number of nitrogens with one attached hydrogen (secondary N) is 1. The van der Waals surface area contributed by atoms with Gasteiger partial charge in [0.25, 0.3) is 0 Å². The zero-order chi connectivity index (χ0) is 14.9. The van der Waals surface area contributed by atoms with Crippen molar-refractivity contribution in [2.75, 3.05) is 11.1 Å². The Morgan fingerprint density at radius 2 is 1.80 bits per heavy atom. The summed E-state index contributed by atoms with van der Waals surface area (Å²) in [7, 11) is 0. The molecule has 0 fully saturated rings. The average molecular weight is 301 g/mol. The molecule has 0 unspecified atom stereocenters. The Kier molecular flexibility index (Phi) is 3.81. The van der Waals surface area contributed by atoms with Crippen LogP contribution in [0.5, 0.6) is 0 Å². The first-order chi connectivity index (χ1) is 9.29. The maximum Gasteiger partial charge on any atom is 0.416 e. The Labute approximate surface area is 119 Å². The lowest BCUT2D eigenvalue weighted by Crippen LogP contribution is -2.05. The molecule has 0 aliphatic heterocycles. The SMILES string of the molecule is Cc1c(N)cccc1Nc1ccc(C(F)(F)F)cc1Cl. The summed E-state index contributed by atoms with van der Waals surface area (Å²) in [6.07, 6.45) is -4.41. The molecule has 2 rings (SSSR count). The number of nitrogen functional groups attached to an aromatic ring is 1. The van der Waals surface area contributed by atoms with Crippen LogP contribution >= 0.6 is 11.6 Å². The van der Waals surface area contributed by atoms with Crippen LogP contribution in [-0.4, -0.2) is 0 Å². The van der Waals surface area contributed by atoms with Crippen molar-refractivity contribution in [1.29, 1.82) is 0 Å². The molecule has 3 N–H and O–H groups in total. The maximum absolute atomic E-state index is 12.5. The molecule has 0 saturated heterocycles. The zero-order valence-electron chi connectivity index (χ0n) is 10.6. The number of nitrogens with two attached hydrogens (primary N) is 1. The van der Waals surface area contributed by atoms with Crippen LogP contribution in [0.15, 0.2) is 36.4 Å². The number of anilines is 3. The topological polar surface area (TPSA) is 38.0 Å². The molecular formula is C14H12ClF3N2. The van der Waals surface area contributed by atoms with Crippen LogP contribution in [0.2, 0.25) is 5.02 Å². The Morgan fingerprint density at radius 3 is 2.40 bits per heavy atom. The van der Waals surface area contributed by atoms with E-state index in [2.05, 4.69) is 5.32 Å². The molecule has 0 amide bonds. The second-order valence-electron chi connectivity index (χ2n) is 4.34. The van der Waals surface area contributed by atoms with Crippen LogP contribution in [-0.2, 0) is 6.18 Å². The van der Waals surface area contributed by atoms with E-state index in [-0.39, 0.29) is 5.02 Å². The molecule has 6 heteroatoms. The van der Waals surface area contributed by atoms with Crippen LogP contribution in [0.1, 0.15) is 11.1 Å². The lowest BCUT2D eigenvalue weighted by molar-refractivity contribution is -0.137. The Morgan fingerprint density at radius 1 is 1.10 bits per heavy atom. The molecular weight excluding hydrogens is 289 g/mol. The quantitative estimate of drug-likeness (QED) is 0.767. The Balaban J connectivity index is 2.33. The van der Waals surface area contributed by atoms with E-state index in [4.69, 9.17) is 17.3 Å². The lowest BCUT2D eigenvalue weighted by atomic mass is 10.1. The highest BCUT2D eigenvalue weighted by Gasteiger charge is 2.30. The van der Waals surface area contributed by atoms with Crippen molar-refractivity contribution in [1.82, 2.24) is 0 Å². The van der Waals surface area contributed by atoms with E-state index in [1.165, 1.54) is 6.07 Å².